The number of anilines is 1. The van der Waals surface area contributed by atoms with Crippen molar-refractivity contribution >= 4 is 23.5 Å². The molecule has 1 aromatic carbocycles. The fourth-order valence-electron chi connectivity index (χ4n) is 2.86. The summed E-state index contributed by atoms with van der Waals surface area (Å²) < 4.78 is 5.40. The zero-order chi connectivity index (χ0) is 19.8. The second-order valence-electron chi connectivity index (χ2n) is 6.56. The van der Waals surface area contributed by atoms with Crippen LogP contribution >= 0.6 is 0 Å². The number of nitrogens with one attached hydrogen (secondary N) is 1. The van der Waals surface area contributed by atoms with Crippen LogP contribution in [0.25, 0.3) is 0 Å². The van der Waals surface area contributed by atoms with Gasteiger partial charge in [0.25, 0.3) is 11.8 Å². The molecule has 146 valence electrons. The zero-order valence-corrected chi connectivity index (χ0v) is 15.5. The molecule has 0 saturated carbocycles. The molecule has 1 aliphatic rings. The zero-order valence-electron chi connectivity index (χ0n) is 15.5. The Bertz CT molecular complexity index is 678. The van der Waals surface area contributed by atoms with E-state index in [1.54, 1.807) is 42.2 Å². The standard InChI is InChI=1S/C20H26N2O5/c1-3-4-13-27-14(2)18(23)21-17-7-5-15(6-8-17)19(24)22-11-9-16(10-12-22)20(25)26/h3,5-8,14,16H,1,4,9-13H2,2H3,(H,21,23)(H,25,26). The minimum Gasteiger partial charge on any atom is -0.481 e. The van der Waals surface area contributed by atoms with Crippen molar-refractivity contribution in [3.8, 4) is 0 Å². The first-order valence-corrected chi connectivity index (χ1v) is 9.08. The highest BCUT2D eigenvalue weighted by atomic mass is 16.5. The largest absolute Gasteiger partial charge is 0.481 e. The van der Waals surface area contributed by atoms with Crippen molar-refractivity contribution in [2.45, 2.75) is 32.3 Å². The van der Waals surface area contributed by atoms with Crippen LogP contribution in [0.2, 0.25) is 0 Å². The number of nitrogens with zero attached hydrogens (tertiary/aromatic N) is 1. The molecular formula is C20H26N2O5. The van der Waals surface area contributed by atoms with E-state index in [1.807, 2.05) is 0 Å². The minimum atomic E-state index is -0.801. The first-order chi connectivity index (χ1) is 12.9. The van der Waals surface area contributed by atoms with E-state index in [0.29, 0.717) is 50.2 Å². The third kappa shape index (κ3) is 5.92. The van der Waals surface area contributed by atoms with Gasteiger partial charge in [-0.15, -0.1) is 6.58 Å². The van der Waals surface area contributed by atoms with Crippen LogP contribution in [0.15, 0.2) is 36.9 Å². The fourth-order valence-corrected chi connectivity index (χ4v) is 2.86. The van der Waals surface area contributed by atoms with Crippen molar-refractivity contribution in [2.24, 2.45) is 5.92 Å². The number of amides is 2. The number of carboxylic acids is 1. The van der Waals surface area contributed by atoms with Gasteiger partial charge in [0.1, 0.15) is 6.10 Å². The van der Waals surface area contributed by atoms with Gasteiger partial charge in [0.2, 0.25) is 0 Å². The number of hydrogen-bond acceptors (Lipinski definition) is 4. The maximum atomic E-state index is 12.5. The number of carbonyl (C=O) groups is 3. The fraction of sp³-hybridized carbons (Fsp3) is 0.450. The van der Waals surface area contributed by atoms with Gasteiger partial charge in [0, 0.05) is 24.3 Å². The highest BCUT2D eigenvalue weighted by Crippen LogP contribution is 2.20. The summed E-state index contributed by atoms with van der Waals surface area (Å²) >= 11 is 0. The number of benzene rings is 1. The summed E-state index contributed by atoms with van der Waals surface area (Å²) in [5, 5.41) is 11.8. The maximum Gasteiger partial charge on any atom is 0.306 e. The average molecular weight is 374 g/mol. The van der Waals surface area contributed by atoms with Crippen molar-refractivity contribution in [3.63, 3.8) is 0 Å². The number of ether oxygens (including phenoxy) is 1. The molecular weight excluding hydrogens is 348 g/mol. The Kier molecular flexibility index (Phi) is 7.55. The Hall–Kier alpha value is -2.67. The normalized spacial score (nSPS) is 15.8. The molecule has 1 atom stereocenters. The summed E-state index contributed by atoms with van der Waals surface area (Å²) in [6.45, 7) is 6.59. The molecule has 1 fully saturated rings. The molecule has 2 N–H and O–H groups in total. The highest BCUT2D eigenvalue weighted by Gasteiger charge is 2.27. The smallest absolute Gasteiger partial charge is 0.306 e. The van der Waals surface area contributed by atoms with E-state index >= 15 is 0 Å². The molecule has 7 nitrogen and oxygen atoms in total. The van der Waals surface area contributed by atoms with Gasteiger partial charge < -0.3 is 20.1 Å². The lowest BCUT2D eigenvalue weighted by molar-refractivity contribution is -0.143. The molecule has 2 rings (SSSR count). The van der Waals surface area contributed by atoms with E-state index in [9.17, 15) is 14.4 Å². The monoisotopic (exact) mass is 374 g/mol. The number of carbonyl (C=O) groups excluding carboxylic acids is 2. The van der Waals surface area contributed by atoms with Gasteiger partial charge in [-0.2, -0.15) is 0 Å². The summed E-state index contributed by atoms with van der Waals surface area (Å²) in [4.78, 5) is 37.3. The van der Waals surface area contributed by atoms with Crippen LogP contribution in [0.5, 0.6) is 0 Å². The predicted octanol–water partition coefficient (Wildman–Crippen LogP) is 2.54. The van der Waals surface area contributed by atoms with Crippen molar-refractivity contribution in [3.05, 3.63) is 42.5 Å². The SMILES string of the molecule is C=CCCOC(C)C(=O)Nc1ccc(C(=O)N2CCC(C(=O)O)CC2)cc1. The molecule has 27 heavy (non-hydrogen) atoms. The molecule has 7 heteroatoms. The Morgan fingerprint density at radius 1 is 1.30 bits per heavy atom. The molecule has 1 saturated heterocycles. The van der Waals surface area contributed by atoms with Gasteiger partial charge in [0.05, 0.1) is 12.5 Å². The van der Waals surface area contributed by atoms with Gasteiger partial charge >= 0.3 is 5.97 Å². The van der Waals surface area contributed by atoms with Crippen LogP contribution in [0.3, 0.4) is 0 Å². The Morgan fingerprint density at radius 2 is 1.93 bits per heavy atom. The summed E-state index contributed by atoms with van der Waals surface area (Å²) in [6.07, 6.45) is 2.77. The molecule has 1 aliphatic heterocycles. The second kappa shape index (κ2) is 9.87. The summed E-state index contributed by atoms with van der Waals surface area (Å²) in [6, 6.07) is 6.66. The van der Waals surface area contributed by atoms with E-state index < -0.39 is 12.1 Å². The predicted molar refractivity (Wildman–Crippen MR) is 102 cm³/mol. The van der Waals surface area contributed by atoms with Gasteiger partial charge in [-0.05, 0) is 50.5 Å². The van der Waals surface area contributed by atoms with Gasteiger partial charge in [0.15, 0.2) is 0 Å². The number of aliphatic carboxylic acids is 1. The number of likely N-dealkylation sites (tertiary alicyclic amines) is 1. The lowest BCUT2D eigenvalue weighted by Crippen LogP contribution is -2.40. The lowest BCUT2D eigenvalue weighted by Gasteiger charge is -2.30. The van der Waals surface area contributed by atoms with Crippen LogP contribution in [-0.2, 0) is 14.3 Å². The summed E-state index contributed by atoms with van der Waals surface area (Å²) in [7, 11) is 0. The Labute approximate surface area is 159 Å². The second-order valence-corrected chi connectivity index (χ2v) is 6.56. The van der Waals surface area contributed by atoms with Gasteiger partial charge in [-0.3, -0.25) is 14.4 Å². The average Bonchev–Trinajstić information content (AvgIpc) is 2.68. The Balaban J connectivity index is 1.87. The molecule has 1 unspecified atom stereocenters. The first-order valence-electron chi connectivity index (χ1n) is 9.08. The van der Waals surface area contributed by atoms with Crippen molar-refractivity contribution < 1.29 is 24.2 Å². The van der Waals surface area contributed by atoms with E-state index in [1.165, 1.54) is 0 Å². The number of hydrogen-bond donors (Lipinski definition) is 2. The first kappa shape index (κ1) is 20.6. The van der Waals surface area contributed by atoms with Crippen LogP contribution in [0.4, 0.5) is 5.69 Å². The van der Waals surface area contributed by atoms with Crippen LogP contribution < -0.4 is 5.32 Å². The highest BCUT2D eigenvalue weighted by molar-refractivity contribution is 5.96. The summed E-state index contributed by atoms with van der Waals surface area (Å²) in [5.41, 5.74) is 1.09. The maximum absolute atomic E-state index is 12.5. The van der Waals surface area contributed by atoms with Crippen molar-refractivity contribution in [2.75, 3.05) is 25.0 Å². The van der Waals surface area contributed by atoms with Crippen LogP contribution in [-0.4, -0.2) is 53.6 Å². The van der Waals surface area contributed by atoms with Gasteiger partial charge in [-0.1, -0.05) is 6.08 Å². The molecule has 0 radical (unpaired) electrons. The molecule has 0 bridgehead atoms. The third-order valence-electron chi connectivity index (χ3n) is 4.59. The van der Waals surface area contributed by atoms with Crippen molar-refractivity contribution in [1.29, 1.82) is 0 Å². The minimum absolute atomic E-state index is 0.127. The lowest BCUT2D eigenvalue weighted by atomic mass is 9.96. The van der Waals surface area contributed by atoms with E-state index in [-0.39, 0.29) is 17.7 Å². The molecule has 0 aromatic heterocycles. The van der Waals surface area contributed by atoms with Crippen LogP contribution in [0.1, 0.15) is 36.5 Å². The van der Waals surface area contributed by atoms with Gasteiger partial charge in [-0.25, -0.2) is 0 Å². The molecule has 0 spiro atoms. The number of carboxylic acid groups (broad SMARTS) is 1. The summed E-state index contributed by atoms with van der Waals surface area (Å²) in [5.74, 6) is -1.56. The number of rotatable bonds is 8. The number of piperidine rings is 1. The molecule has 2 amide bonds. The quantitative estimate of drug-likeness (QED) is 0.538. The topological polar surface area (TPSA) is 95.9 Å². The van der Waals surface area contributed by atoms with Crippen LogP contribution in [0, 0.1) is 5.92 Å². The van der Waals surface area contributed by atoms with E-state index in [4.69, 9.17) is 9.84 Å². The van der Waals surface area contributed by atoms with E-state index in [2.05, 4.69) is 11.9 Å². The van der Waals surface area contributed by atoms with E-state index in [0.717, 1.165) is 0 Å². The molecule has 0 aliphatic carbocycles. The third-order valence-corrected chi connectivity index (χ3v) is 4.59. The molecule has 1 heterocycles. The Morgan fingerprint density at radius 3 is 2.48 bits per heavy atom. The van der Waals surface area contributed by atoms with Crippen molar-refractivity contribution in [1.82, 2.24) is 4.90 Å². The molecule has 1 aromatic rings.